The van der Waals surface area contributed by atoms with E-state index in [2.05, 4.69) is 240 Å². The average Bonchev–Trinajstić information content (AvgIpc) is 3.89. The maximum Gasteiger partial charge on any atom is 0.0620 e. The molecule has 0 spiro atoms. The standard InChI is InChI=1S/C58H38N2S/c1-3-19-39(20-4-1)42-29-15-21-40-22-16-30-46(56(40)42)43-25-7-12-34-51(43)60(53-36-18-38-55-57(53)49-28-10-14-37-54(49)61-55)52-35-13-9-27-45(52)48-32-17-31-47-44-26-8-11-33-50(44)59(58(47)48)41-23-5-2-6-24-41/h1-38H. The molecule has 0 aliphatic carbocycles. The molecule has 0 aliphatic rings. The van der Waals surface area contributed by atoms with Crippen molar-refractivity contribution in [2.45, 2.75) is 0 Å². The number of anilines is 3. The van der Waals surface area contributed by atoms with Crippen LogP contribution in [-0.2, 0) is 0 Å². The summed E-state index contributed by atoms with van der Waals surface area (Å²) in [6.07, 6.45) is 0. The Labute approximate surface area is 358 Å². The van der Waals surface area contributed by atoms with E-state index < -0.39 is 0 Å². The van der Waals surface area contributed by atoms with Crippen LogP contribution in [0.2, 0.25) is 0 Å². The summed E-state index contributed by atoms with van der Waals surface area (Å²) in [5.41, 5.74) is 14.0. The van der Waals surface area contributed by atoms with Crippen LogP contribution in [0, 0.1) is 0 Å². The lowest BCUT2D eigenvalue weighted by Crippen LogP contribution is -2.13. The van der Waals surface area contributed by atoms with E-state index in [-0.39, 0.29) is 0 Å². The minimum Gasteiger partial charge on any atom is -0.309 e. The van der Waals surface area contributed by atoms with Gasteiger partial charge in [-0.1, -0.05) is 182 Å². The first-order valence-electron chi connectivity index (χ1n) is 20.9. The third kappa shape index (κ3) is 5.70. The van der Waals surface area contributed by atoms with Crippen molar-refractivity contribution in [3.05, 3.63) is 231 Å². The fourth-order valence-corrected chi connectivity index (χ4v) is 10.8. The Hall–Kier alpha value is -7.72. The molecule has 0 amide bonds. The predicted octanol–water partition coefficient (Wildman–Crippen LogP) is 16.8. The Morgan fingerprint density at radius 1 is 0.328 bits per heavy atom. The molecule has 0 saturated heterocycles. The summed E-state index contributed by atoms with van der Waals surface area (Å²) in [5, 5.41) is 7.45. The van der Waals surface area contributed by atoms with Gasteiger partial charge in [0.15, 0.2) is 0 Å². The lowest BCUT2D eigenvalue weighted by molar-refractivity contribution is 1.18. The summed E-state index contributed by atoms with van der Waals surface area (Å²) in [6.45, 7) is 0. The van der Waals surface area contributed by atoms with Gasteiger partial charge in [0.2, 0.25) is 0 Å². The van der Waals surface area contributed by atoms with Crippen LogP contribution in [0.25, 0.3) is 91.8 Å². The van der Waals surface area contributed by atoms with Crippen LogP contribution in [0.5, 0.6) is 0 Å². The molecule has 3 heteroatoms. The van der Waals surface area contributed by atoms with E-state index in [0.29, 0.717) is 0 Å². The average molecular weight is 795 g/mol. The van der Waals surface area contributed by atoms with Gasteiger partial charge in [0, 0.05) is 53.3 Å². The van der Waals surface area contributed by atoms with E-state index in [0.717, 1.165) is 28.3 Å². The van der Waals surface area contributed by atoms with Gasteiger partial charge in [0.25, 0.3) is 0 Å². The van der Waals surface area contributed by atoms with Crippen LogP contribution in [0.3, 0.4) is 0 Å². The van der Waals surface area contributed by atoms with Crippen molar-refractivity contribution in [1.82, 2.24) is 4.57 Å². The second kappa shape index (κ2) is 14.5. The predicted molar refractivity (Wildman–Crippen MR) is 262 cm³/mol. The van der Waals surface area contributed by atoms with Gasteiger partial charge < -0.3 is 9.47 Å². The highest BCUT2D eigenvalue weighted by Gasteiger charge is 2.26. The van der Waals surface area contributed by atoms with Crippen LogP contribution < -0.4 is 4.90 Å². The molecule has 2 nitrogen and oxygen atoms in total. The smallest absolute Gasteiger partial charge is 0.0620 e. The summed E-state index contributed by atoms with van der Waals surface area (Å²) in [4.78, 5) is 2.55. The lowest BCUT2D eigenvalue weighted by atomic mass is 9.90. The number of hydrogen-bond acceptors (Lipinski definition) is 2. The molecule has 0 radical (unpaired) electrons. The summed E-state index contributed by atoms with van der Waals surface area (Å²) in [7, 11) is 0. The number of hydrogen-bond donors (Lipinski definition) is 0. The fourth-order valence-electron chi connectivity index (χ4n) is 9.63. The molecule has 0 atom stereocenters. The van der Waals surface area contributed by atoms with Gasteiger partial charge in [0.05, 0.1) is 28.1 Å². The van der Waals surface area contributed by atoms with Gasteiger partial charge >= 0.3 is 0 Å². The normalized spacial score (nSPS) is 11.6. The van der Waals surface area contributed by atoms with E-state index in [4.69, 9.17) is 0 Å². The van der Waals surface area contributed by atoms with E-state index >= 15 is 0 Å². The molecule has 10 aromatic carbocycles. The molecule has 0 saturated carbocycles. The Morgan fingerprint density at radius 2 is 0.852 bits per heavy atom. The zero-order chi connectivity index (χ0) is 40.3. The largest absolute Gasteiger partial charge is 0.309 e. The highest BCUT2D eigenvalue weighted by Crippen LogP contribution is 2.51. The zero-order valence-electron chi connectivity index (χ0n) is 33.2. The Balaban J connectivity index is 1.19. The molecule has 0 fully saturated rings. The number of nitrogens with zero attached hydrogens (tertiary/aromatic N) is 2. The number of rotatable bonds is 7. The van der Waals surface area contributed by atoms with Gasteiger partial charge in [-0.15, -0.1) is 11.3 Å². The highest BCUT2D eigenvalue weighted by molar-refractivity contribution is 7.26. The van der Waals surface area contributed by atoms with Crippen molar-refractivity contribution in [3.8, 4) is 39.1 Å². The summed E-state index contributed by atoms with van der Waals surface area (Å²) in [5.74, 6) is 0. The molecular formula is C58H38N2S. The van der Waals surface area contributed by atoms with Crippen LogP contribution >= 0.6 is 11.3 Å². The molecular weight excluding hydrogens is 757 g/mol. The zero-order valence-corrected chi connectivity index (χ0v) is 34.1. The maximum atomic E-state index is 2.55. The molecule has 2 heterocycles. The lowest BCUT2D eigenvalue weighted by Gasteiger charge is -2.31. The van der Waals surface area contributed by atoms with Gasteiger partial charge in [-0.05, 0) is 76.0 Å². The minimum absolute atomic E-state index is 1.11. The Bertz CT molecular complexity index is 3590. The van der Waals surface area contributed by atoms with E-state index in [1.165, 1.54) is 80.6 Å². The monoisotopic (exact) mass is 794 g/mol. The molecule has 0 bridgehead atoms. The van der Waals surface area contributed by atoms with Crippen LogP contribution in [-0.4, -0.2) is 4.57 Å². The molecule has 286 valence electrons. The molecule has 0 N–H and O–H groups in total. The van der Waals surface area contributed by atoms with Crippen LogP contribution in [0.4, 0.5) is 17.1 Å². The summed E-state index contributed by atoms with van der Waals surface area (Å²) < 4.78 is 5.00. The minimum atomic E-state index is 1.11. The van der Waals surface area contributed by atoms with Crippen molar-refractivity contribution in [2.24, 2.45) is 0 Å². The van der Waals surface area contributed by atoms with Gasteiger partial charge in [-0.2, -0.15) is 0 Å². The number of fused-ring (bicyclic) bond motifs is 7. The Kier molecular flexibility index (Phi) is 8.39. The van der Waals surface area contributed by atoms with Crippen LogP contribution in [0.1, 0.15) is 0 Å². The summed E-state index contributed by atoms with van der Waals surface area (Å²) >= 11 is 1.86. The molecule has 61 heavy (non-hydrogen) atoms. The van der Waals surface area contributed by atoms with Crippen molar-refractivity contribution < 1.29 is 0 Å². The van der Waals surface area contributed by atoms with Gasteiger partial charge in [-0.3, -0.25) is 0 Å². The number of benzene rings is 10. The molecule has 0 unspecified atom stereocenters. The van der Waals surface area contributed by atoms with Crippen LogP contribution in [0.15, 0.2) is 231 Å². The number of aromatic nitrogens is 1. The third-order valence-corrected chi connectivity index (χ3v) is 13.3. The molecule has 12 aromatic rings. The van der Waals surface area contributed by atoms with Crippen molar-refractivity contribution in [1.29, 1.82) is 0 Å². The molecule has 12 rings (SSSR count). The van der Waals surface area contributed by atoms with Crippen molar-refractivity contribution in [2.75, 3.05) is 4.90 Å². The van der Waals surface area contributed by atoms with Crippen molar-refractivity contribution >= 4 is 81.1 Å². The van der Waals surface area contributed by atoms with Crippen molar-refractivity contribution in [3.63, 3.8) is 0 Å². The number of para-hydroxylation sites is 5. The quantitative estimate of drug-likeness (QED) is 0.156. The van der Waals surface area contributed by atoms with E-state index in [9.17, 15) is 0 Å². The fraction of sp³-hybridized carbons (Fsp3) is 0. The number of thiophene rings is 1. The third-order valence-electron chi connectivity index (χ3n) is 12.2. The second-order valence-corrected chi connectivity index (χ2v) is 16.7. The first-order chi connectivity index (χ1) is 30.3. The second-order valence-electron chi connectivity index (χ2n) is 15.6. The van der Waals surface area contributed by atoms with E-state index in [1.807, 2.05) is 11.3 Å². The first kappa shape index (κ1) is 35.2. The first-order valence-corrected chi connectivity index (χ1v) is 21.7. The SMILES string of the molecule is c1ccc(-c2cccc3cccc(-c4ccccc4N(c4ccccc4-c4cccc5c6ccccc6n(-c6ccccc6)c45)c4cccc5sc6ccccc6c45)c23)cc1. The Morgan fingerprint density at radius 3 is 1.64 bits per heavy atom. The maximum absolute atomic E-state index is 2.55. The van der Waals surface area contributed by atoms with Gasteiger partial charge in [-0.25, -0.2) is 0 Å². The highest BCUT2D eigenvalue weighted by atomic mass is 32.1. The van der Waals surface area contributed by atoms with Gasteiger partial charge in [0.1, 0.15) is 0 Å². The van der Waals surface area contributed by atoms with E-state index in [1.54, 1.807) is 0 Å². The summed E-state index contributed by atoms with van der Waals surface area (Å²) in [6, 6.07) is 84.3. The molecule has 2 aromatic heterocycles. The topological polar surface area (TPSA) is 8.17 Å². The molecule has 0 aliphatic heterocycles.